The smallest absolute Gasteiger partial charge is 0.159 e. The van der Waals surface area contributed by atoms with Crippen molar-refractivity contribution in [2.75, 3.05) is 0 Å². The summed E-state index contributed by atoms with van der Waals surface area (Å²) in [6.45, 7) is 0.409. The minimum atomic E-state index is -0.294. The minimum absolute atomic E-state index is 0.294. The first-order valence-electron chi connectivity index (χ1n) is 4.22. The number of benzene rings is 1. The first-order valence-corrected chi connectivity index (χ1v) is 5.83. The van der Waals surface area contributed by atoms with Gasteiger partial charge in [-0.2, -0.15) is 0 Å². The molecule has 1 aromatic heterocycles. The number of hydrogen-bond acceptors (Lipinski definition) is 3. The van der Waals surface area contributed by atoms with Gasteiger partial charge in [-0.05, 0) is 28.1 Å². The van der Waals surface area contributed by atoms with Crippen LogP contribution < -0.4 is 4.74 Å². The Balaban J connectivity index is 1.99. The first kappa shape index (κ1) is 10.6. The second kappa shape index (κ2) is 4.72. The molecule has 0 spiro atoms. The molecular formula is C10H7BrFNOS. The highest BCUT2D eigenvalue weighted by Gasteiger charge is 2.01. The van der Waals surface area contributed by atoms with Crippen LogP contribution in [0.15, 0.2) is 34.4 Å². The Kier molecular flexibility index (Phi) is 3.33. The van der Waals surface area contributed by atoms with E-state index in [2.05, 4.69) is 20.9 Å². The van der Waals surface area contributed by atoms with Crippen molar-refractivity contribution in [1.29, 1.82) is 0 Å². The molecule has 1 aromatic carbocycles. The molecule has 0 amide bonds. The van der Waals surface area contributed by atoms with Gasteiger partial charge in [0.15, 0.2) is 3.92 Å². The largest absolute Gasteiger partial charge is 0.488 e. The molecule has 5 heteroatoms. The molecule has 0 aliphatic carbocycles. The number of rotatable bonds is 3. The van der Waals surface area contributed by atoms with E-state index in [0.717, 1.165) is 8.79 Å². The van der Waals surface area contributed by atoms with Crippen molar-refractivity contribution < 1.29 is 9.13 Å². The lowest BCUT2D eigenvalue weighted by molar-refractivity contribution is 0.308. The van der Waals surface area contributed by atoms with E-state index in [1.165, 1.54) is 23.5 Å². The van der Waals surface area contributed by atoms with Crippen LogP contribution in [-0.4, -0.2) is 4.98 Å². The number of aromatic nitrogens is 1. The summed E-state index contributed by atoms with van der Waals surface area (Å²) in [5, 5.41) is 0. The predicted molar refractivity (Wildman–Crippen MR) is 60.5 cm³/mol. The summed E-state index contributed by atoms with van der Waals surface area (Å²) in [7, 11) is 0. The van der Waals surface area contributed by atoms with E-state index < -0.39 is 0 Å². The second-order valence-corrected chi connectivity index (χ2v) is 5.22. The van der Waals surface area contributed by atoms with Crippen LogP contribution in [-0.2, 0) is 6.61 Å². The van der Waals surface area contributed by atoms with E-state index in [4.69, 9.17) is 4.74 Å². The maximum Gasteiger partial charge on any atom is 0.159 e. The zero-order valence-electron chi connectivity index (χ0n) is 7.61. The topological polar surface area (TPSA) is 22.1 Å². The van der Waals surface area contributed by atoms with Gasteiger partial charge < -0.3 is 4.74 Å². The third-order valence-corrected chi connectivity index (χ3v) is 3.15. The number of halogens is 2. The molecule has 0 N–H and O–H groups in total. The molecule has 15 heavy (non-hydrogen) atoms. The van der Waals surface area contributed by atoms with Crippen molar-refractivity contribution in [3.63, 3.8) is 0 Å². The molecule has 0 radical (unpaired) electrons. The van der Waals surface area contributed by atoms with Gasteiger partial charge in [0.25, 0.3) is 0 Å². The summed E-state index contributed by atoms with van der Waals surface area (Å²) in [5.74, 6) is 0.234. The zero-order valence-corrected chi connectivity index (χ0v) is 10.0. The van der Waals surface area contributed by atoms with Crippen LogP contribution in [0.5, 0.6) is 5.75 Å². The molecule has 0 unspecified atom stereocenters. The number of ether oxygens (including phenoxy) is 1. The van der Waals surface area contributed by atoms with Gasteiger partial charge >= 0.3 is 0 Å². The fourth-order valence-corrected chi connectivity index (χ4v) is 2.33. The van der Waals surface area contributed by atoms with Crippen molar-refractivity contribution in [1.82, 2.24) is 4.98 Å². The molecule has 2 aromatic rings. The van der Waals surface area contributed by atoms with Gasteiger partial charge in [0.05, 0.1) is 4.88 Å². The molecule has 2 rings (SSSR count). The normalized spacial score (nSPS) is 10.3. The fraction of sp³-hybridized carbons (Fsp3) is 0.100. The SMILES string of the molecule is Fc1cccc(OCc2cnc(Br)s2)c1. The van der Waals surface area contributed by atoms with Gasteiger partial charge in [-0.3, -0.25) is 0 Å². The highest BCUT2D eigenvalue weighted by Crippen LogP contribution is 2.20. The van der Waals surface area contributed by atoms with Crippen LogP contribution >= 0.6 is 27.3 Å². The fourth-order valence-electron chi connectivity index (χ4n) is 1.06. The predicted octanol–water partition coefficient (Wildman–Crippen LogP) is 3.62. The van der Waals surface area contributed by atoms with E-state index in [9.17, 15) is 4.39 Å². The van der Waals surface area contributed by atoms with Crippen LogP contribution in [0.4, 0.5) is 4.39 Å². The molecule has 0 saturated heterocycles. The van der Waals surface area contributed by atoms with Crippen molar-refractivity contribution in [3.8, 4) is 5.75 Å². The molecular weight excluding hydrogens is 281 g/mol. The Morgan fingerprint density at radius 2 is 2.33 bits per heavy atom. The average Bonchev–Trinajstić information content (AvgIpc) is 2.62. The van der Waals surface area contributed by atoms with E-state index in [0.29, 0.717) is 12.4 Å². The first-order chi connectivity index (χ1) is 7.24. The van der Waals surface area contributed by atoms with Gasteiger partial charge in [-0.15, -0.1) is 11.3 Å². The standard InChI is InChI=1S/C10H7BrFNOS/c11-10-13-5-9(15-10)6-14-8-3-1-2-7(12)4-8/h1-5H,6H2. The summed E-state index contributed by atoms with van der Waals surface area (Å²) in [5.41, 5.74) is 0. The lowest BCUT2D eigenvalue weighted by atomic mass is 10.3. The third kappa shape index (κ3) is 3.00. The monoisotopic (exact) mass is 287 g/mol. The molecule has 2 nitrogen and oxygen atoms in total. The number of thiazole rings is 1. The Labute approximate surface area is 98.9 Å². The Hall–Kier alpha value is -0.940. The molecule has 0 aliphatic rings. The van der Waals surface area contributed by atoms with Gasteiger partial charge in [-0.1, -0.05) is 6.07 Å². The summed E-state index contributed by atoms with van der Waals surface area (Å²) in [6, 6.07) is 6.08. The van der Waals surface area contributed by atoms with Crippen LogP contribution in [0.3, 0.4) is 0 Å². The van der Waals surface area contributed by atoms with Gasteiger partial charge in [0, 0.05) is 12.3 Å². The maximum atomic E-state index is 12.8. The summed E-state index contributed by atoms with van der Waals surface area (Å²) >= 11 is 4.76. The average molecular weight is 288 g/mol. The Bertz CT molecular complexity index is 460. The van der Waals surface area contributed by atoms with Gasteiger partial charge in [-0.25, -0.2) is 9.37 Å². The Morgan fingerprint density at radius 1 is 1.47 bits per heavy atom. The number of nitrogens with zero attached hydrogens (tertiary/aromatic N) is 1. The van der Waals surface area contributed by atoms with E-state index in [1.807, 2.05) is 0 Å². The highest BCUT2D eigenvalue weighted by molar-refractivity contribution is 9.11. The quantitative estimate of drug-likeness (QED) is 0.860. The van der Waals surface area contributed by atoms with Crippen molar-refractivity contribution in [2.45, 2.75) is 6.61 Å². The summed E-state index contributed by atoms with van der Waals surface area (Å²) < 4.78 is 19.0. The maximum absolute atomic E-state index is 12.8. The molecule has 0 saturated carbocycles. The summed E-state index contributed by atoms with van der Waals surface area (Å²) in [4.78, 5) is 5.02. The lowest BCUT2D eigenvalue weighted by Crippen LogP contribution is -1.92. The molecule has 0 atom stereocenters. The molecule has 0 aliphatic heterocycles. The Morgan fingerprint density at radius 3 is 3.00 bits per heavy atom. The molecule has 78 valence electrons. The van der Waals surface area contributed by atoms with Crippen molar-refractivity contribution >= 4 is 27.3 Å². The van der Waals surface area contributed by atoms with Crippen LogP contribution in [0, 0.1) is 5.82 Å². The lowest BCUT2D eigenvalue weighted by Gasteiger charge is -2.03. The molecule has 0 bridgehead atoms. The zero-order chi connectivity index (χ0) is 10.7. The van der Waals surface area contributed by atoms with Crippen LogP contribution in [0.25, 0.3) is 0 Å². The van der Waals surface area contributed by atoms with E-state index in [1.54, 1.807) is 18.3 Å². The van der Waals surface area contributed by atoms with Crippen LogP contribution in [0.2, 0.25) is 0 Å². The van der Waals surface area contributed by atoms with Crippen molar-refractivity contribution in [3.05, 3.63) is 45.1 Å². The van der Waals surface area contributed by atoms with E-state index >= 15 is 0 Å². The highest BCUT2D eigenvalue weighted by atomic mass is 79.9. The second-order valence-electron chi connectivity index (χ2n) is 2.83. The van der Waals surface area contributed by atoms with Crippen LogP contribution in [0.1, 0.15) is 4.88 Å². The van der Waals surface area contributed by atoms with Crippen molar-refractivity contribution in [2.24, 2.45) is 0 Å². The third-order valence-electron chi connectivity index (χ3n) is 1.70. The van der Waals surface area contributed by atoms with E-state index in [-0.39, 0.29) is 5.82 Å². The summed E-state index contributed by atoms with van der Waals surface area (Å²) in [6.07, 6.45) is 1.73. The minimum Gasteiger partial charge on any atom is -0.488 e. The van der Waals surface area contributed by atoms with Gasteiger partial charge in [0.2, 0.25) is 0 Å². The van der Waals surface area contributed by atoms with Gasteiger partial charge in [0.1, 0.15) is 18.2 Å². The molecule has 1 heterocycles. The molecule has 0 fully saturated rings. The number of hydrogen-bond donors (Lipinski definition) is 0.